The van der Waals surface area contributed by atoms with E-state index >= 15 is 0 Å². The number of aromatic nitrogens is 1. The van der Waals surface area contributed by atoms with E-state index in [1.807, 2.05) is 0 Å². The van der Waals surface area contributed by atoms with Crippen molar-refractivity contribution in [1.82, 2.24) is 4.57 Å². The molecular formula is C9H11BrF2N2O2. The first-order valence-corrected chi connectivity index (χ1v) is 5.21. The minimum Gasteiger partial charge on any atom is -0.464 e. The lowest BCUT2D eigenvalue weighted by Crippen LogP contribution is -2.33. The number of esters is 1. The van der Waals surface area contributed by atoms with Crippen LogP contribution in [0, 0.1) is 0 Å². The molecule has 90 valence electrons. The molecule has 0 aliphatic heterocycles. The van der Waals surface area contributed by atoms with Gasteiger partial charge >= 0.3 is 5.97 Å². The van der Waals surface area contributed by atoms with E-state index in [4.69, 9.17) is 5.73 Å². The Bertz CT molecular complexity index is 393. The molecule has 0 aliphatic carbocycles. The Hall–Kier alpha value is -0.950. The molecule has 1 rings (SSSR count). The highest BCUT2D eigenvalue weighted by Crippen LogP contribution is 2.21. The van der Waals surface area contributed by atoms with Crippen LogP contribution >= 0.6 is 15.9 Å². The molecule has 0 radical (unpaired) electrons. The van der Waals surface area contributed by atoms with Crippen LogP contribution < -0.4 is 5.73 Å². The van der Waals surface area contributed by atoms with Crippen LogP contribution in [0.25, 0.3) is 0 Å². The fraction of sp³-hybridized carbons (Fsp3) is 0.444. The highest BCUT2D eigenvalue weighted by atomic mass is 79.9. The zero-order valence-corrected chi connectivity index (χ0v) is 10.1. The Kier molecular flexibility index (Phi) is 4.03. The topological polar surface area (TPSA) is 57.2 Å². The summed E-state index contributed by atoms with van der Waals surface area (Å²) < 4.78 is 32.3. The van der Waals surface area contributed by atoms with E-state index in [9.17, 15) is 13.6 Å². The summed E-state index contributed by atoms with van der Waals surface area (Å²) in [6, 6.07) is 1.42. The minimum absolute atomic E-state index is 0.0579. The Balaban J connectivity index is 3.00. The fourth-order valence-corrected chi connectivity index (χ4v) is 1.66. The lowest BCUT2D eigenvalue weighted by Gasteiger charge is -2.16. The fourth-order valence-electron chi connectivity index (χ4n) is 1.19. The van der Waals surface area contributed by atoms with Gasteiger partial charge in [0, 0.05) is 10.7 Å². The van der Waals surface area contributed by atoms with Crippen LogP contribution in [0.4, 0.5) is 8.78 Å². The molecule has 1 aromatic heterocycles. The van der Waals surface area contributed by atoms with Gasteiger partial charge in [-0.2, -0.15) is 0 Å². The lowest BCUT2D eigenvalue weighted by atomic mass is 10.3. The number of nitrogens with two attached hydrogens (primary N) is 1. The number of carbonyl (C=O) groups is 1. The molecule has 0 bridgehead atoms. The summed E-state index contributed by atoms with van der Waals surface area (Å²) >= 11 is 3.11. The van der Waals surface area contributed by atoms with Gasteiger partial charge in [0.25, 0.3) is 5.92 Å². The van der Waals surface area contributed by atoms with Crippen molar-refractivity contribution >= 4 is 21.9 Å². The van der Waals surface area contributed by atoms with E-state index in [1.165, 1.54) is 19.4 Å². The van der Waals surface area contributed by atoms with Crippen LogP contribution in [-0.4, -0.2) is 30.1 Å². The van der Waals surface area contributed by atoms with Crippen molar-refractivity contribution < 1.29 is 18.3 Å². The van der Waals surface area contributed by atoms with E-state index in [-0.39, 0.29) is 5.69 Å². The lowest BCUT2D eigenvalue weighted by molar-refractivity contribution is -0.00745. The van der Waals surface area contributed by atoms with Gasteiger partial charge in [-0.25, -0.2) is 13.6 Å². The van der Waals surface area contributed by atoms with Crippen molar-refractivity contribution in [2.45, 2.75) is 12.5 Å². The first-order chi connectivity index (χ1) is 7.39. The molecule has 16 heavy (non-hydrogen) atoms. The third-order valence-corrected chi connectivity index (χ3v) is 2.39. The normalized spacial score (nSPS) is 11.6. The van der Waals surface area contributed by atoms with Crippen molar-refractivity contribution in [2.75, 3.05) is 13.7 Å². The first kappa shape index (κ1) is 13.1. The van der Waals surface area contributed by atoms with Crippen LogP contribution in [0.2, 0.25) is 0 Å². The Labute approximate surface area is 99.5 Å². The van der Waals surface area contributed by atoms with Gasteiger partial charge in [-0.15, -0.1) is 0 Å². The number of hydrogen-bond donors (Lipinski definition) is 1. The van der Waals surface area contributed by atoms with E-state index in [1.54, 1.807) is 0 Å². The quantitative estimate of drug-likeness (QED) is 0.859. The minimum atomic E-state index is -3.05. The molecule has 0 amide bonds. The second-order valence-electron chi connectivity index (χ2n) is 3.22. The number of nitrogens with zero attached hydrogens (tertiary/aromatic N) is 1. The number of rotatable bonds is 4. The van der Waals surface area contributed by atoms with Gasteiger partial charge in [-0.3, -0.25) is 0 Å². The van der Waals surface area contributed by atoms with E-state index in [2.05, 4.69) is 20.7 Å². The van der Waals surface area contributed by atoms with Gasteiger partial charge in [0.05, 0.1) is 20.2 Å². The van der Waals surface area contributed by atoms with Gasteiger partial charge in [0.2, 0.25) is 0 Å². The van der Waals surface area contributed by atoms with Gasteiger partial charge in [0.15, 0.2) is 0 Å². The van der Waals surface area contributed by atoms with Crippen molar-refractivity contribution in [1.29, 1.82) is 0 Å². The Morgan fingerprint density at radius 1 is 1.69 bits per heavy atom. The predicted molar refractivity (Wildman–Crippen MR) is 57.5 cm³/mol. The number of alkyl halides is 2. The number of ether oxygens (including phenoxy) is 1. The van der Waals surface area contributed by atoms with Crippen LogP contribution in [-0.2, 0) is 11.3 Å². The molecule has 1 aromatic rings. The SMILES string of the molecule is COC(=O)c1cc(Br)cn1CC(F)(F)CN. The van der Waals surface area contributed by atoms with E-state index in [0.717, 1.165) is 4.57 Å². The first-order valence-electron chi connectivity index (χ1n) is 4.41. The molecule has 0 saturated carbocycles. The average Bonchev–Trinajstić information content (AvgIpc) is 2.57. The number of hydrogen-bond acceptors (Lipinski definition) is 3. The second-order valence-corrected chi connectivity index (χ2v) is 4.14. The third kappa shape index (κ3) is 3.02. The van der Waals surface area contributed by atoms with Crippen LogP contribution in [0.15, 0.2) is 16.7 Å². The smallest absolute Gasteiger partial charge is 0.354 e. The maximum Gasteiger partial charge on any atom is 0.354 e. The third-order valence-electron chi connectivity index (χ3n) is 1.96. The van der Waals surface area contributed by atoms with Crippen molar-refractivity contribution in [3.63, 3.8) is 0 Å². The average molecular weight is 297 g/mol. The van der Waals surface area contributed by atoms with Gasteiger partial charge in [-0.1, -0.05) is 0 Å². The monoisotopic (exact) mass is 296 g/mol. The molecule has 7 heteroatoms. The van der Waals surface area contributed by atoms with Crippen LogP contribution in [0.5, 0.6) is 0 Å². The summed E-state index contributed by atoms with van der Waals surface area (Å²) in [7, 11) is 1.19. The maximum atomic E-state index is 13.1. The summed E-state index contributed by atoms with van der Waals surface area (Å²) in [5.41, 5.74) is 4.99. The Morgan fingerprint density at radius 2 is 2.31 bits per heavy atom. The molecule has 0 spiro atoms. The molecule has 0 aromatic carbocycles. The van der Waals surface area contributed by atoms with Crippen molar-refractivity contribution in [3.8, 4) is 0 Å². The highest BCUT2D eigenvalue weighted by Gasteiger charge is 2.29. The van der Waals surface area contributed by atoms with Crippen molar-refractivity contribution in [3.05, 3.63) is 22.4 Å². The molecule has 4 nitrogen and oxygen atoms in total. The molecule has 0 unspecified atom stereocenters. The van der Waals surface area contributed by atoms with Gasteiger partial charge in [-0.05, 0) is 22.0 Å². The summed E-state index contributed by atoms with van der Waals surface area (Å²) in [6.45, 7) is -1.43. The number of carbonyl (C=O) groups excluding carboxylic acids is 1. The highest BCUT2D eigenvalue weighted by molar-refractivity contribution is 9.10. The summed E-state index contributed by atoms with van der Waals surface area (Å²) in [5.74, 6) is -3.72. The largest absolute Gasteiger partial charge is 0.464 e. The molecule has 0 fully saturated rings. The van der Waals surface area contributed by atoms with Gasteiger partial charge in [0.1, 0.15) is 5.69 Å². The van der Waals surface area contributed by atoms with E-state index < -0.39 is 25.0 Å². The van der Waals surface area contributed by atoms with Crippen molar-refractivity contribution in [2.24, 2.45) is 5.73 Å². The second kappa shape index (κ2) is 4.92. The summed E-state index contributed by atoms with van der Waals surface area (Å²) in [5, 5.41) is 0. The van der Waals surface area contributed by atoms with E-state index in [0.29, 0.717) is 4.47 Å². The van der Waals surface area contributed by atoms with Gasteiger partial charge < -0.3 is 15.0 Å². The Morgan fingerprint density at radius 3 is 2.81 bits per heavy atom. The standard InChI is InChI=1S/C9H11BrF2N2O2/c1-16-8(15)7-2-6(10)3-14(7)5-9(11,12)4-13/h2-3H,4-5,13H2,1H3. The number of halogens is 3. The zero-order chi connectivity index (χ0) is 12.3. The zero-order valence-electron chi connectivity index (χ0n) is 8.54. The van der Waals surface area contributed by atoms with Crippen LogP contribution in [0.1, 0.15) is 10.5 Å². The molecule has 0 saturated heterocycles. The number of methoxy groups -OCH3 is 1. The molecular weight excluding hydrogens is 286 g/mol. The summed E-state index contributed by atoms with van der Waals surface area (Å²) in [4.78, 5) is 11.3. The summed E-state index contributed by atoms with van der Waals surface area (Å²) in [6.07, 6.45) is 1.38. The van der Waals surface area contributed by atoms with Crippen LogP contribution in [0.3, 0.4) is 0 Å². The predicted octanol–water partition coefficient (Wildman–Crippen LogP) is 1.63. The maximum absolute atomic E-state index is 13.1. The molecule has 0 aliphatic rings. The molecule has 1 heterocycles. The molecule has 2 N–H and O–H groups in total. The molecule has 0 atom stereocenters.